The van der Waals surface area contributed by atoms with E-state index in [-0.39, 0.29) is 78.7 Å². The third-order valence-corrected chi connectivity index (χ3v) is 18.0. The van der Waals surface area contributed by atoms with Gasteiger partial charge in [0, 0.05) is 74.6 Å². The summed E-state index contributed by atoms with van der Waals surface area (Å²) in [5.41, 5.74) is 15.2. The van der Waals surface area contributed by atoms with Crippen LogP contribution in [0.2, 0.25) is 0 Å². The highest BCUT2D eigenvalue weighted by atomic mass is 32.2. The number of hydrogen-bond acceptors (Lipinski definition) is 13. The van der Waals surface area contributed by atoms with E-state index >= 15 is 4.39 Å². The smallest absolute Gasteiger partial charge is 0.238 e. The fraction of sp³-hybridized carbons (Fsp3) is 0.930. The van der Waals surface area contributed by atoms with Crippen molar-refractivity contribution in [3.05, 3.63) is 0 Å². The average Bonchev–Trinajstić information content (AvgIpc) is 3.98. The maximum absolute atomic E-state index is 16.4. The zero-order chi connectivity index (χ0) is 40.2. The second-order valence-electron chi connectivity index (χ2n) is 19.8. The summed E-state index contributed by atoms with van der Waals surface area (Å²) in [6.07, 6.45) is 10.8. The Labute approximate surface area is 350 Å². The number of fused-ring (bicyclic) bond motifs is 4. The lowest BCUT2D eigenvalue weighted by molar-refractivity contribution is -0.126. The maximum atomic E-state index is 16.4. The molecule has 6 heterocycles. The monoisotopic (exact) mass is 827 g/mol. The van der Waals surface area contributed by atoms with Gasteiger partial charge in [-0.1, -0.05) is 13.8 Å². The first kappa shape index (κ1) is 41.9. The Bertz CT molecular complexity index is 1510. The third-order valence-electron chi connectivity index (χ3n) is 16.3. The molecule has 15 heteroatoms. The van der Waals surface area contributed by atoms with E-state index in [1.54, 1.807) is 7.11 Å². The van der Waals surface area contributed by atoms with Crippen molar-refractivity contribution < 1.29 is 18.7 Å². The van der Waals surface area contributed by atoms with Gasteiger partial charge in [0.25, 0.3) is 0 Å². The van der Waals surface area contributed by atoms with Crippen LogP contribution >= 0.6 is 11.8 Å². The number of ether oxygens (including phenoxy) is 2. The zero-order valence-corrected chi connectivity index (χ0v) is 36.3. The van der Waals surface area contributed by atoms with Crippen LogP contribution < -0.4 is 27.0 Å². The Morgan fingerprint density at radius 1 is 0.879 bits per heavy atom. The molecule has 8 fully saturated rings. The van der Waals surface area contributed by atoms with Gasteiger partial charge in [-0.05, 0) is 102 Å². The molecule has 9 rings (SSSR count). The fourth-order valence-electron chi connectivity index (χ4n) is 12.8. The number of likely N-dealkylation sites (tertiary alicyclic amines) is 2. The summed E-state index contributed by atoms with van der Waals surface area (Å²) >= 11 is 2.10. The summed E-state index contributed by atoms with van der Waals surface area (Å²) in [5, 5.41) is 13.7. The molecular weight excluding hydrogens is 756 g/mol. The molecule has 0 spiro atoms. The van der Waals surface area contributed by atoms with Crippen molar-refractivity contribution >= 4 is 23.4 Å². The lowest BCUT2D eigenvalue weighted by Gasteiger charge is -2.41. The molecule has 0 bridgehead atoms. The van der Waals surface area contributed by atoms with Crippen molar-refractivity contribution in [2.24, 2.45) is 40.5 Å². The van der Waals surface area contributed by atoms with Gasteiger partial charge in [0.05, 0.1) is 60.2 Å². The number of halogens is 1. The normalized spacial score (nSPS) is 49.1. The van der Waals surface area contributed by atoms with Crippen molar-refractivity contribution in [3.63, 3.8) is 0 Å². The van der Waals surface area contributed by atoms with Crippen molar-refractivity contribution in [1.82, 2.24) is 41.7 Å². The Hall–Kier alpha value is -1.45. The number of amides is 1. The molecule has 5 saturated heterocycles. The van der Waals surface area contributed by atoms with Gasteiger partial charge >= 0.3 is 0 Å². The number of rotatable bonds is 8. The van der Waals surface area contributed by atoms with Gasteiger partial charge in [0.2, 0.25) is 5.91 Å². The summed E-state index contributed by atoms with van der Waals surface area (Å²) in [6, 6.07) is 2.49. The van der Waals surface area contributed by atoms with Gasteiger partial charge in [-0.2, -0.15) is 5.26 Å². The Morgan fingerprint density at radius 3 is 2.31 bits per heavy atom. The summed E-state index contributed by atoms with van der Waals surface area (Å²) in [5.74, 6) is 2.33. The van der Waals surface area contributed by atoms with Crippen LogP contribution in [-0.4, -0.2) is 137 Å². The van der Waals surface area contributed by atoms with Gasteiger partial charge < -0.3 is 14.8 Å². The standard InChI is InChI=1S/C43H71FN10O3S/c1-23-25(3)58-43-39(23)40(46-24(2)41-51-48-26(4)54(41)43)27-7-14-36(34(44)16-27)52-19-29-21-53(22-30(29)20-52)38-15-13-35(49-50-38)42(55)47-31-8-11-32(12-9-31)57-33-10-6-28(18-45)37(17-33)56-5/h23-39,41,43,48-51H,6-17,19-22H2,1-5H3,(H,47,55)/t23?,24-,25?,26?,27?,28?,29-,30+,31?,32?,33?,34?,35?,36?,37?,38?,39?,41?,43?/m0/s1. The van der Waals surface area contributed by atoms with Gasteiger partial charge in [-0.15, -0.1) is 11.8 Å². The second kappa shape index (κ2) is 17.7. The Kier molecular flexibility index (Phi) is 12.8. The number of nitrogens with one attached hydrogen (secondary N) is 5. The second-order valence-corrected chi connectivity index (χ2v) is 21.3. The van der Waals surface area contributed by atoms with E-state index in [0.717, 1.165) is 96.8 Å². The summed E-state index contributed by atoms with van der Waals surface area (Å²) in [6.45, 7) is 13.3. The summed E-state index contributed by atoms with van der Waals surface area (Å²) in [7, 11) is 1.69. The third kappa shape index (κ3) is 8.27. The van der Waals surface area contributed by atoms with Crippen molar-refractivity contribution in [2.45, 2.75) is 183 Å². The van der Waals surface area contributed by atoms with Crippen LogP contribution in [0.4, 0.5) is 4.39 Å². The number of carbonyl (C=O) groups is 1. The number of aliphatic imine (C=N–C) groups is 1. The topological polar surface area (TPSA) is 142 Å². The van der Waals surface area contributed by atoms with Crippen LogP contribution in [0.1, 0.15) is 105 Å². The van der Waals surface area contributed by atoms with Gasteiger partial charge in [0.15, 0.2) is 0 Å². The number of hydrazine groups is 2. The number of nitrogens with zero attached hydrogens (tertiary/aromatic N) is 5. The molecule has 17 atom stereocenters. The quantitative estimate of drug-likeness (QED) is 0.244. The SMILES string of the molecule is COC1CC(OC2CCC(NC(=O)C3CCC(N4C[C@@H]5CN(C6CCC(C7=N[C@@H](C)C8NNC(C)N8C8SC(C)C(C)C78)CC6F)C[C@@H]5C4)NN3)CC2)CCC1C#N. The van der Waals surface area contributed by atoms with Gasteiger partial charge in [-0.3, -0.25) is 24.5 Å². The highest BCUT2D eigenvalue weighted by molar-refractivity contribution is 8.00. The van der Waals surface area contributed by atoms with Gasteiger partial charge in [-0.25, -0.2) is 26.1 Å². The largest absolute Gasteiger partial charge is 0.380 e. The minimum Gasteiger partial charge on any atom is -0.380 e. The average molecular weight is 827 g/mol. The lowest BCUT2D eigenvalue weighted by Crippen LogP contribution is -2.62. The first-order chi connectivity index (χ1) is 28.1. The fourth-order valence-corrected chi connectivity index (χ4v) is 14.7. The van der Waals surface area contributed by atoms with Crippen molar-refractivity contribution in [2.75, 3.05) is 33.3 Å². The number of thioether (sulfide) groups is 1. The summed E-state index contributed by atoms with van der Waals surface area (Å²) in [4.78, 5) is 26.5. The van der Waals surface area contributed by atoms with Crippen LogP contribution in [0.25, 0.3) is 0 Å². The van der Waals surface area contributed by atoms with E-state index in [9.17, 15) is 10.1 Å². The molecule has 0 aromatic carbocycles. The molecule has 6 aliphatic heterocycles. The van der Waals surface area contributed by atoms with E-state index in [2.05, 4.69) is 87.2 Å². The molecule has 0 aromatic heterocycles. The molecule has 324 valence electrons. The highest BCUT2D eigenvalue weighted by Gasteiger charge is 2.54. The number of methoxy groups -OCH3 is 1. The molecule has 3 saturated carbocycles. The highest BCUT2D eigenvalue weighted by Crippen LogP contribution is 2.51. The van der Waals surface area contributed by atoms with Gasteiger partial charge in [0.1, 0.15) is 12.2 Å². The lowest BCUT2D eigenvalue weighted by atomic mass is 9.74. The minimum absolute atomic E-state index is 0.0216. The van der Waals surface area contributed by atoms with Crippen molar-refractivity contribution in [3.8, 4) is 6.07 Å². The van der Waals surface area contributed by atoms with Crippen LogP contribution in [0.5, 0.6) is 0 Å². The first-order valence-electron chi connectivity index (χ1n) is 23.1. The van der Waals surface area contributed by atoms with Crippen LogP contribution in [0.3, 0.4) is 0 Å². The zero-order valence-electron chi connectivity index (χ0n) is 35.5. The van der Waals surface area contributed by atoms with E-state index in [1.807, 2.05) is 0 Å². The molecule has 13 nitrogen and oxygen atoms in total. The van der Waals surface area contributed by atoms with Crippen LogP contribution in [0, 0.1) is 46.8 Å². The first-order valence-corrected chi connectivity index (χ1v) is 24.1. The predicted molar refractivity (Wildman–Crippen MR) is 224 cm³/mol. The Morgan fingerprint density at radius 2 is 1.62 bits per heavy atom. The molecule has 58 heavy (non-hydrogen) atoms. The molecule has 14 unspecified atom stereocenters. The molecule has 5 N–H and O–H groups in total. The maximum Gasteiger partial charge on any atom is 0.238 e. The molecule has 0 aromatic rings. The Balaban J connectivity index is 0.700. The number of nitriles is 1. The van der Waals surface area contributed by atoms with Crippen LogP contribution in [-0.2, 0) is 14.3 Å². The van der Waals surface area contributed by atoms with Crippen molar-refractivity contribution in [1.29, 1.82) is 5.26 Å². The number of alkyl halides is 1. The van der Waals surface area contributed by atoms with E-state index in [0.29, 0.717) is 40.7 Å². The van der Waals surface area contributed by atoms with E-state index < -0.39 is 6.17 Å². The molecule has 0 radical (unpaired) electrons. The number of hydrogen-bond donors (Lipinski definition) is 5. The van der Waals surface area contributed by atoms with Crippen LogP contribution in [0.15, 0.2) is 4.99 Å². The molecule has 9 aliphatic rings. The summed E-state index contributed by atoms with van der Waals surface area (Å²) < 4.78 is 28.5. The number of carbonyl (C=O) groups excluding carboxylic acids is 1. The predicted octanol–water partition coefficient (Wildman–Crippen LogP) is 3.73. The molecule has 1 amide bonds. The minimum atomic E-state index is -0.811. The van der Waals surface area contributed by atoms with E-state index in [1.165, 1.54) is 5.71 Å². The molecule has 3 aliphatic carbocycles. The van der Waals surface area contributed by atoms with E-state index in [4.69, 9.17) is 14.5 Å². The molecular formula is C43H71FN10O3S.